The van der Waals surface area contributed by atoms with Crippen molar-refractivity contribution in [2.75, 3.05) is 27.2 Å². The van der Waals surface area contributed by atoms with Crippen molar-refractivity contribution in [1.29, 1.82) is 0 Å². The summed E-state index contributed by atoms with van der Waals surface area (Å²) in [7, 11) is 0. The van der Waals surface area contributed by atoms with E-state index in [1.165, 1.54) is 0 Å². The molecule has 0 aromatic heterocycles. The molecule has 0 fully saturated rings. The van der Waals surface area contributed by atoms with E-state index < -0.39 is 27.2 Å². The van der Waals surface area contributed by atoms with Crippen molar-refractivity contribution in [2.45, 2.75) is 0 Å². The molecular formula is C4H20Cr2O10. The summed E-state index contributed by atoms with van der Waals surface area (Å²) in [5.74, 6) is 0. The van der Waals surface area contributed by atoms with Gasteiger partial charge in [0.05, 0.1) is 0 Å². The Morgan fingerprint density at radius 3 is 0.375 bits per heavy atom. The Labute approximate surface area is 114 Å². The molecule has 10 nitrogen and oxygen atoms in total. The zero-order valence-electron chi connectivity index (χ0n) is 8.22. The molecule has 0 saturated heterocycles. The second-order valence-electron chi connectivity index (χ2n) is 0.566. The first-order chi connectivity index (χ1) is 5.66. The summed E-state index contributed by atoms with van der Waals surface area (Å²) in [6.45, 7) is -3.00. The van der Waals surface area contributed by atoms with Crippen LogP contribution in [-0.4, -0.2) is 79.0 Å². The van der Waals surface area contributed by atoms with Crippen LogP contribution in [0.1, 0.15) is 0 Å². The van der Waals surface area contributed by atoms with Gasteiger partial charge in [-0.2, -0.15) is 0 Å². The molecule has 12 N–H and O–H groups in total. The quantitative estimate of drug-likeness (QED) is 0.199. The standard InChI is InChI=1S/4CH4O2.2Cr.2H2O/c4*2-1-3;;;;/h4*2-3H,1H2;;;2*1H2. The Kier molecular flexibility index (Phi) is 527. The topological polar surface area (TPSA) is 225 Å². The second-order valence-corrected chi connectivity index (χ2v) is 0.566. The van der Waals surface area contributed by atoms with Crippen molar-refractivity contribution in [1.82, 2.24) is 0 Å². The minimum atomic E-state index is -0.750. The fourth-order valence-corrected chi connectivity index (χ4v) is 0. The molecule has 0 spiro atoms. The first-order valence-corrected chi connectivity index (χ1v) is 2.53. The predicted octanol–water partition coefficient (Wildman–Crippen LogP) is -5.94. The van der Waals surface area contributed by atoms with E-state index in [-0.39, 0.29) is 45.7 Å². The SMILES string of the molecule is O.O.OCO.OCO.OCO.OCO.[Cr].[Cr]. The molecule has 0 bridgehead atoms. The van der Waals surface area contributed by atoms with Crippen LogP contribution in [0.3, 0.4) is 0 Å². The molecule has 0 aliphatic rings. The van der Waals surface area contributed by atoms with Crippen molar-refractivity contribution in [2.24, 2.45) is 0 Å². The fraction of sp³-hybridized carbons (Fsp3) is 1.00. The van der Waals surface area contributed by atoms with Gasteiger partial charge in [-0.15, -0.1) is 0 Å². The van der Waals surface area contributed by atoms with Gasteiger partial charge < -0.3 is 51.8 Å². The average Bonchev–Trinajstić information content (AvgIpc) is 1.92. The van der Waals surface area contributed by atoms with Crippen LogP contribution in [0.5, 0.6) is 0 Å². The number of aliphatic hydroxyl groups is 8. The molecule has 0 heterocycles. The Morgan fingerprint density at radius 1 is 0.375 bits per heavy atom. The molecule has 0 radical (unpaired) electrons. The van der Waals surface area contributed by atoms with Gasteiger partial charge in [0.2, 0.25) is 0 Å². The largest absolute Gasteiger partial charge is 0.412 e. The van der Waals surface area contributed by atoms with E-state index in [1.807, 2.05) is 0 Å². The molecule has 0 aromatic carbocycles. The van der Waals surface area contributed by atoms with E-state index in [0.29, 0.717) is 0 Å². The van der Waals surface area contributed by atoms with Gasteiger partial charge in [-0.1, -0.05) is 0 Å². The second kappa shape index (κ2) is 155. The van der Waals surface area contributed by atoms with Crippen LogP contribution < -0.4 is 0 Å². The van der Waals surface area contributed by atoms with E-state index in [0.717, 1.165) is 0 Å². The van der Waals surface area contributed by atoms with Crippen molar-refractivity contribution in [3.05, 3.63) is 0 Å². The summed E-state index contributed by atoms with van der Waals surface area (Å²) in [6.07, 6.45) is 0. The van der Waals surface area contributed by atoms with Gasteiger partial charge in [-0.05, 0) is 0 Å². The summed E-state index contributed by atoms with van der Waals surface area (Å²) in [6, 6.07) is 0. The molecule has 12 heteroatoms. The molecule has 0 unspecified atom stereocenters. The maximum atomic E-state index is 7.12. The summed E-state index contributed by atoms with van der Waals surface area (Å²) in [4.78, 5) is 0. The van der Waals surface area contributed by atoms with Gasteiger partial charge in [0.1, 0.15) is 27.2 Å². The van der Waals surface area contributed by atoms with E-state index in [1.54, 1.807) is 0 Å². The van der Waals surface area contributed by atoms with Crippen molar-refractivity contribution in [3.63, 3.8) is 0 Å². The maximum absolute atomic E-state index is 7.12. The van der Waals surface area contributed by atoms with Gasteiger partial charge in [0, 0.05) is 34.7 Å². The smallest absolute Gasteiger partial charge is 0.140 e. The monoisotopic (exact) mass is 332 g/mol. The van der Waals surface area contributed by atoms with E-state index in [9.17, 15) is 0 Å². The molecule has 0 atom stereocenters. The van der Waals surface area contributed by atoms with E-state index in [4.69, 9.17) is 40.9 Å². The van der Waals surface area contributed by atoms with Gasteiger partial charge in [-0.25, -0.2) is 0 Å². The van der Waals surface area contributed by atoms with Crippen molar-refractivity contribution < 1.29 is 86.5 Å². The van der Waals surface area contributed by atoms with Crippen LogP contribution in [0, 0.1) is 0 Å². The summed E-state index contributed by atoms with van der Waals surface area (Å²) in [5.41, 5.74) is 0. The van der Waals surface area contributed by atoms with Crippen LogP contribution in [0.25, 0.3) is 0 Å². The number of hydrogen-bond donors (Lipinski definition) is 8. The number of aliphatic hydroxyl groups excluding tert-OH is 4. The van der Waals surface area contributed by atoms with Crippen LogP contribution in [0.4, 0.5) is 0 Å². The molecule has 108 valence electrons. The zero-order valence-corrected chi connectivity index (χ0v) is 10.8. The van der Waals surface area contributed by atoms with Gasteiger partial charge in [0.15, 0.2) is 0 Å². The van der Waals surface area contributed by atoms with Crippen LogP contribution in [-0.2, 0) is 34.7 Å². The van der Waals surface area contributed by atoms with Crippen LogP contribution in [0.2, 0.25) is 0 Å². The third-order valence-corrected chi connectivity index (χ3v) is 0. The molecule has 16 heavy (non-hydrogen) atoms. The number of rotatable bonds is 0. The third kappa shape index (κ3) is 6190. The third-order valence-electron chi connectivity index (χ3n) is 0. The molecular weight excluding hydrogens is 312 g/mol. The van der Waals surface area contributed by atoms with Gasteiger partial charge in [-0.3, -0.25) is 0 Å². The van der Waals surface area contributed by atoms with Crippen molar-refractivity contribution >= 4 is 0 Å². The Morgan fingerprint density at radius 2 is 0.375 bits per heavy atom. The van der Waals surface area contributed by atoms with Gasteiger partial charge in [0.25, 0.3) is 0 Å². The first kappa shape index (κ1) is 54.5. The minimum absolute atomic E-state index is 0. The molecule has 0 aliphatic heterocycles. The van der Waals surface area contributed by atoms with E-state index in [2.05, 4.69) is 0 Å². The zero-order chi connectivity index (χ0) is 10.8. The summed E-state index contributed by atoms with van der Waals surface area (Å²) in [5, 5.41) is 57.0. The normalized spacial score (nSPS) is 4.50. The Balaban J connectivity index is -0.00000000821. The van der Waals surface area contributed by atoms with E-state index >= 15 is 0 Å². The first-order valence-electron chi connectivity index (χ1n) is 2.53. The minimum Gasteiger partial charge on any atom is -0.412 e. The predicted molar refractivity (Wildman–Crippen MR) is 44.4 cm³/mol. The van der Waals surface area contributed by atoms with Crippen molar-refractivity contribution in [3.8, 4) is 0 Å². The molecule has 0 rings (SSSR count). The summed E-state index contributed by atoms with van der Waals surface area (Å²) < 4.78 is 0. The summed E-state index contributed by atoms with van der Waals surface area (Å²) >= 11 is 0. The fourth-order valence-electron chi connectivity index (χ4n) is 0. The van der Waals surface area contributed by atoms with Crippen LogP contribution in [0.15, 0.2) is 0 Å². The van der Waals surface area contributed by atoms with Crippen LogP contribution >= 0.6 is 0 Å². The molecule has 0 aliphatic carbocycles. The molecule has 0 saturated carbocycles. The molecule has 0 amide bonds. The van der Waals surface area contributed by atoms with Gasteiger partial charge >= 0.3 is 0 Å². The number of hydrogen-bond acceptors (Lipinski definition) is 8. The average molecular weight is 332 g/mol. The Bertz CT molecular complexity index is 28.8. The maximum Gasteiger partial charge on any atom is 0.140 e. The Hall–Kier alpha value is 0.665. The molecule has 0 aromatic rings.